The molecule has 1 saturated heterocycles. The van der Waals surface area contributed by atoms with E-state index in [1.165, 1.54) is 24.0 Å². The second kappa shape index (κ2) is 13.1. The van der Waals surface area contributed by atoms with Crippen LogP contribution in [0.25, 0.3) is 0 Å². The maximum Gasteiger partial charge on any atom is 0.408 e. The molecule has 44 heavy (non-hydrogen) atoms. The molecular weight excluding hydrogens is 568 g/mol. The summed E-state index contributed by atoms with van der Waals surface area (Å²) in [4.78, 5) is 67.0. The van der Waals surface area contributed by atoms with Crippen LogP contribution < -0.4 is 11.1 Å². The lowest BCUT2D eigenvalue weighted by atomic mass is 9.89. The Morgan fingerprint density at radius 2 is 1.55 bits per heavy atom. The van der Waals surface area contributed by atoms with Crippen LogP contribution in [0.15, 0.2) is 84.9 Å². The van der Waals surface area contributed by atoms with Gasteiger partial charge in [-0.2, -0.15) is 5.01 Å². The average Bonchev–Trinajstić information content (AvgIpc) is 3.19. The van der Waals surface area contributed by atoms with Gasteiger partial charge in [-0.3, -0.25) is 19.9 Å². The normalized spacial score (nSPS) is 16.8. The molecule has 1 aliphatic heterocycles. The fourth-order valence-corrected chi connectivity index (χ4v) is 4.79. The third-order valence-electron chi connectivity index (χ3n) is 7.27. The standard InChI is InChI=1S/C31H32N6O7/c1-20(38)36(18-25(27(39)40)34-29(42)44-19-22-11-7-4-8-12-22)37-28(41)31(2,24-15-13-23(14-16-24)26(32)33)35(30(37)43)17-21-9-5-3-6-10-21/h3-16,25H,17-19H2,1-2H3,(H3,32,33)(H,34,42)(H,39,40)/t25-,31-/m0/s1. The Kier molecular flexibility index (Phi) is 9.27. The van der Waals surface area contributed by atoms with E-state index in [4.69, 9.17) is 15.9 Å². The van der Waals surface area contributed by atoms with Crippen molar-refractivity contribution < 1.29 is 33.8 Å². The van der Waals surface area contributed by atoms with Crippen molar-refractivity contribution >= 4 is 35.7 Å². The Labute approximate surface area is 253 Å². The van der Waals surface area contributed by atoms with Gasteiger partial charge in [-0.05, 0) is 23.6 Å². The second-order valence-corrected chi connectivity index (χ2v) is 10.2. The van der Waals surface area contributed by atoms with Crippen LogP contribution in [0, 0.1) is 5.41 Å². The molecule has 0 bridgehead atoms. The molecule has 228 valence electrons. The van der Waals surface area contributed by atoms with Gasteiger partial charge in [0, 0.05) is 19.0 Å². The molecule has 13 nitrogen and oxygen atoms in total. The minimum Gasteiger partial charge on any atom is -0.480 e. The number of hydrazine groups is 1. The van der Waals surface area contributed by atoms with E-state index in [9.17, 15) is 29.1 Å². The number of carboxylic acids is 1. The number of rotatable bonds is 11. The average molecular weight is 601 g/mol. The molecule has 0 radical (unpaired) electrons. The topological polar surface area (TPSA) is 186 Å². The number of nitrogen functional groups attached to an aromatic ring is 1. The number of amidine groups is 1. The predicted octanol–water partition coefficient (Wildman–Crippen LogP) is 2.79. The van der Waals surface area contributed by atoms with Crippen molar-refractivity contribution in [3.63, 3.8) is 0 Å². The summed E-state index contributed by atoms with van der Waals surface area (Å²) < 4.78 is 5.12. The van der Waals surface area contributed by atoms with Crippen molar-refractivity contribution in [3.8, 4) is 0 Å². The lowest BCUT2D eigenvalue weighted by Crippen LogP contribution is -2.57. The van der Waals surface area contributed by atoms with Crippen LogP contribution in [0.4, 0.5) is 9.59 Å². The van der Waals surface area contributed by atoms with E-state index >= 15 is 0 Å². The number of hydrogen-bond donors (Lipinski definition) is 4. The third kappa shape index (κ3) is 6.51. The van der Waals surface area contributed by atoms with Gasteiger partial charge in [0.05, 0.1) is 6.54 Å². The molecule has 13 heteroatoms. The maximum atomic E-state index is 14.2. The number of nitrogens with one attached hydrogen (secondary N) is 2. The molecule has 5 amide bonds. The van der Waals surface area contributed by atoms with Crippen molar-refractivity contribution in [1.82, 2.24) is 20.2 Å². The van der Waals surface area contributed by atoms with Crippen LogP contribution >= 0.6 is 0 Å². The van der Waals surface area contributed by atoms with Gasteiger partial charge in [0.2, 0.25) is 5.91 Å². The molecule has 0 aromatic heterocycles. The van der Waals surface area contributed by atoms with Crippen LogP contribution in [-0.2, 0) is 37.8 Å². The van der Waals surface area contributed by atoms with Gasteiger partial charge in [-0.1, -0.05) is 84.9 Å². The second-order valence-electron chi connectivity index (χ2n) is 10.2. The molecule has 0 unspecified atom stereocenters. The first-order valence-corrected chi connectivity index (χ1v) is 13.6. The van der Waals surface area contributed by atoms with Gasteiger partial charge in [-0.25, -0.2) is 19.4 Å². The SMILES string of the molecule is CC(=O)N(C[C@H](NC(=O)OCc1ccccc1)C(=O)O)N1C(=O)N(Cc2ccccc2)[C@@](C)(c2ccc(C(=N)N)cc2)C1=O. The largest absolute Gasteiger partial charge is 0.480 e. The Balaban J connectivity index is 1.64. The molecule has 0 spiro atoms. The smallest absolute Gasteiger partial charge is 0.408 e. The lowest BCUT2D eigenvalue weighted by molar-refractivity contribution is -0.158. The van der Waals surface area contributed by atoms with E-state index in [1.807, 2.05) is 0 Å². The Morgan fingerprint density at radius 3 is 2.07 bits per heavy atom. The van der Waals surface area contributed by atoms with E-state index in [1.54, 1.807) is 72.8 Å². The van der Waals surface area contributed by atoms with Gasteiger partial charge in [0.1, 0.15) is 24.0 Å². The number of carboxylic acid groups (broad SMARTS) is 1. The lowest BCUT2D eigenvalue weighted by Gasteiger charge is -2.32. The van der Waals surface area contributed by atoms with E-state index in [0.29, 0.717) is 32.3 Å². The summed E-state index contributed by atoms with van der Waals surface area (Å²) >= 11 is 0. The minimum absolute atomic E-state index is 0.0228. The van der Waals surface area contributed by atoms with Crippen molar-refractivity contribution in [2.24, 2.45) is 5.73 Å². The van der Waals surface area contributed by atoms with Gasteiger partial charge < -0.3 is 20.9 Å². The van der Waals surface area contributed by atoms with Crippen LogP contribution in [-0.4, -0.2) is 68.4 Å². The van der Waals surface area contributed by atoms with Gasteiger partial charge >= 0.3 is 18.1 Å². The maximum absolute atomic E-state index is 14.2. The third-order valence-corrected chi connectivity index (χ3v) is 7.27. The van der Waals surface area contributed by atoms with E-state index in [-0.39, 0.29) is 19.0 Å². The summed E-state index contributed by atoms with van der Waals surface area (Å²) in [6.45, 7) is 1.69. The summed E-state index contributed by atoms with van der Waals surface area (Å²) in [5.74, 6) is -3.33. The molecule has 1 fully saturated rings. The van der Waals surface area contributed by atoms with Crippen LogP contribution in [0.1, 0.15) is 36.1 Å². The monoisotopic (exact) mass is 600 g/mol. The number of nitrogens with zero attached hydrogens (tertiary/aromatic N) is 3. The molecule has 1 aliphatic rings. The molecule has 3 aromatic rings. The molecule has 5 N–H and O–H groups in total. The van der Waals surface area contributed by atoms with Crippen molar-refractivity contribution in [2.45, 2.75) is 38.6 Å². The number of alkyl carbamates (subject to hydrolysis) is 1. The highest BCUT2D eigenvalue weighted by molar-refractivity contribution is 6.08. The highest BCUT2D eigenvalue weighted by Crippen LogP contribution is 2.39. The first-order chi connectivity index (χ1) is 20.9. The summed E-state index contributed by atoms with van der Waals surface area (Å²) in [7, 11) is 0. The van der Waals surface area contributed by atoms with Crippen LogP contribution in [0.5, 0.6) is 0 Å². The Hall–Kier alpha value is -5.72. The molecule has 0 aliphatic carbocycles. The number of nitrogens with two attached hydrogens (primary N) is 1. The van der Waals surface area contributed by atoms with E-state index in [2.05, 4.69) is 5.32 Å². The summed E-state index contributed by atoms with van der Waals surface area (Å²) in [6.07, 6.45) is -1.06. The molecule has 2 atom stereocenters. The summed E-state index contributed by atoms with van der Waals surface area (Å²) in [5.41, 5.74) is 6.09. The first-order valence-electron chi connectivity index (χ1n) is 13.6. The molecule has 4 rings (SSSR count). The van der Waals surface area contributed by atoms with Crippen molar-refractivity contribution in [1.29, 1.82) is 5.41 Å². The number of aliphatic carboxylic acids is 1. The van der Waals surface area contributed by atoms with Gasteiger partial charge in [0.25, 0.3) is 5.91 Å². The summed E-state index contributed by atoms with van der Waals surface area (Å²) in [5, 5.41) is 21.1. The van der Waals surface area contributed by atoms with Crippen LogP contribution in [0.2, 0.25) is 0 Å². The first kappa shape index (κ1) is 31.2. The fourth-order valence-electron chi connectivity index (χ4n) is 4.79. The predicted molar refractivity (Wildman–Crippen MR) is 158 cm³/mol. The van der Waals surface area contributed by atoms with Gasteiger partial charge in [0.15, 0.2) is 0 Å². The highest BCUT2D eigenvalue weighted by atomic mass is 16.5. The molecule has 3 aromatic carbocycles. The fraction of sp³-hybridized carbons (Fsp3) is 0.226. The number of imide groups is 1. The zero-order valence-electron chi connectivity index (χ0n) is 24.1. The number of ether oxygens (including phenoxy) is 1. The number of carbonyl (C=O) groups excluding carboxylic acids is 4. The number of hydrogen-bond acceptors (Lipinski definition) is 7. The van der Waals surface area contributed by atoms with Crippen molar-refractivity contribution in [2.75, 3.05) is 6.54 Å². The Morgan fingerprint density at radius 1 is 0.977 bits per heavy atom. The Bertz CT molecular complexity index is 1570. The molecule has 0 saturated carbocycles. The van der Waals surface area contributed by atoms with Crippen molar-refractivity contribution in [3.05, 3.63) is 107 Å². The zero-order chi connectivity index (χ0) is 32.0. The van der Waals surface area contributed by atoms with E-state index < -0.39 is 48.0 Å². The van der Waals surface area contributed by atoms with E-state index in [0.717, 1.165) is 6.92 Å². The minimum atomic E-state index is -1.73. The number of carbonyl (C=O) groups is 5. The quantitative estimate of drug-likeness (QED) is 0.147. The summed E-state index contributed by atoms with van der Waals surface area (Å²) in [6, 6.07) is 21.2. The van der Waals surface area contributed by atoms with Crippen LogP contribution in [0.3, 0.4) is 0 Å². The molecule has 1 heterocycles. The zero-order valence-corrected chi connectivity index (χ0v) is 24.1. The number of urea groups is 1. The highest BCUT2D eigenvalue weighted by Gasteiger charge is 2.58. The number of amides is 5. The molecular formula is C31H32N6O7. The number of benzene rings is 3. The van der Waals surface area contributed by atoms with Gasteiger partial charge in [-0.15, -0.1) is 0 Å².